The van der Waals surface area contributed by atoms with Gasteiger partial charge in [0.15, 0.2) is 0 Å². The molecule has 0 atom stereocenters. The number of thiophene rings is 1. The van der Waals surface area contributed by atoms with Gasteiger partial charge in [0.25, 0.3) is 0 Å². The van der Waals surface area contributed by atoms with Crippen molar-refractivity contribution in [3.8, 4) is 22.3 Å². The zero-order valence-electron chi connectivity index (χ0n) is 27.9. The summed E-state index contributed by atoms with van der Waals surface area (Å²) in [6.07, 6.45) is 0. The van der Waals surface area contributed by atoms with E-state index in [-0.39, 0.29) is 0 Å². The molecule has 3 nitrogen and oxygen atoms in total. The lowest BCUT2D eigenvalue weighted by Gasteiger charge is -2.27. The second-order valence-electron chi connectivity index (χ2n) is 13.2. The van der Waals surface area contributed by atoms with E-state index in [2.05, 4.69) is 163 Å². The summed E-state index contributed by atoms with van der Waals surface area (Å²) in [6, 6.07) is 62.4. The maximum Gasteiger partial charge on any atom is 0.137 e. The van der Waals surface area contributed by atoms with E-state index in [4.69, 9.17) is 8.83 Å². The molecule has 0 spiro atoms. The minimum atomic E-state index is 0.869. The largest absolute Gasteiger partial charge is 0.456 e. The molecule has 244 valence electrons. The number of hydrogen-bond donors (Lipinski definition) is 0. The predicted molar refractivity (Wildman–Crippen MR) is 219 cm³/mol. The monoisotopic (exact) mass is 683 g/mol. The van der Waals surface area contributed by atoms with E-state index in [1.165, 1.54) is 31.3 Å². The lowest BCUT2D eigenvalue weighted by molar-refractivity contribution is 0.668. The van der Waals surface area contributed by atoms with Gasteiger partial charge in [-0.1, -0.05) is 127 Å². The molecule has 0 unspecified atom stereocenters. The lowest BCUT2D eigenvalue weighted by Crippen LogP contribution is -2.10. The Balaban J connectivity index is 1.16. The van der Waals surface area contributed by atoms with Crippen LogP contribution in [0.1, 0.15) is 0 Å². The van der Waals surface area contributed by atoms with Crippen LogP contribution in [-0.4, -0.2) is 0 Å². The summed E-state index contributed by atoms with van der Waals surface area (Å²) in [5.41, 5.74) is 11.6. The van der Waals surface area contributed by atoms with Crippen molar-refractivity contribution in [3.05, 3.63) is 176 Å². The van der Waals surface area contributed by atoms with E-state index < -0.39 is 0 Å². The van der Waals surface area contributed by atoms with Gasteiger partial charge in [0.1, 0.15) is 22.3 Å². The molecule has 0 fully saturated rings. The molecule has 0 aliphatic heterocycles. The minimum Gasteiger partial charge on any atom is -0.456 e. The zero-order chi connectivity index (χ0) is 34.2. The highest BCUT2D eigenvalue weighted by molar-refractivity contribution is 7.27. The summed E-state index contributed by atoms with van der Waals surface area (Å²) < 4.78 is 15.2. The summed E-state index contributed by atoms with van der Waals surface area (Å²) in [4.78, 5) is 2.42. The third-order valence-electron chi connectivity index (χ3n) is 10.3. The molecule has 0 saturated heterocycles. The van der Waals surface area contributed by atoms with E-state index in [1.807, 2.05) is 29.5 Å². The molecule has 4 heteroatoms. The van der Waals surface area contributed by atoms with Crippen molar-refractivity contribution in [1.82, 2.24) is 0 Å². The van der Waals surface area contributed by atoms with E-state index in [0.717, 1.165) is 72.1 Å². The third-order valence-corrected chi connectivity index (χ3v) is 11.6. The zero-order valence-corrected chi connectivity index (χ0v) is 28.7. The maximum absolute atomic E-state index is 6.43. The normalized spacial score (nSPS) is 11.8. The van der Waals surface area contributed by atoms with Crippen molar-refractivity contribution in [2.24, 2.45) is 0 Å². The summed E-state index contributed by atoms with van der Waals surface area (Å²) in [5.74, 6) is 0. The van der Waals surface area contributed by atoms with Gasteiger partial charge in [0, 0.05) is 37.3 Å². The molecule has 0 amide bonds. The van der Waals surface area contributed by atoms with Crippen molar-refractivity contribution in [2.75, 3.05) is 4.90 Å². The quantitative estimate of drug-likeness (QED) is 0.181. The summed E-state index contributed by atoms with van der Waals surface area (Å²) in [6.45, 7) is 0. The second kappa shape index (κ2) is 11.5. The third kappa shape index (κ3) is 4.38. The smallest absolute Gasteiger partial charge is 0.137 e. The Hall–Kier alpha value is -6.62. The van der Waals surface area contributed by atoms with Gasteiger partial charge in [-0.25, -0.2) is 0 Å². The van der Waals surface area contributed by atoms with Crippen LogP contribution in [0, 0.1) is 0 Å². The molecule has 3 heterocycles. The van der Waals surface area contributed by atoms with Gasteiger partial charge < -0.3 is 13.7 Å². The van der Waals surface area contributed by atoms with Crippen molar-refractivity contribution >= 4 is 92.4 Å². The number of rotatable bonds is 5. The van der Waals surface area contributed by atoms with Crippen LogP contribution in [0.4, 0.5) is 17.1 Å². The Morgan fingerprint density at radius 3 is 1.63 bits per heavy atom. The molecule has 0 bridgehead atoms. The first kappa shape index (κ1) is 29.1. The fourth-order valence-electron chi connectivity index (χ4n) is 7.98. The Morgan fingerprint density at radius 1 is 0.346 bits per heavy atom. The van der Waals surface area contributed by atoms with Crippen LogP contribution in [0.15, 0.2) is 185 Å². The highest BCUT2D eigenvalue weighted by atomic mass is 32.1. The fourth-order valence-corrected chi connectivity index (χ4v) is 9.32. The van der Waals surface area contributed by atoms with Crippen LogP contribution in [0.2, 0.25) is 0 Å². The number of para-hydroxylation sites is 2. The second-order valence-corrected chi connectivity index (χ2v) is 14.2. The Labute approximate surface area is 303 Å². The molecule has 0 radical (unpaired) electrons. The molecule has 0 aliphatic carbocycles. The van der Waals surface area contributed by atoms with Gasteiger partial charge in [-0.3, -0.25) is 0 Å². The van der Waals surface area contributed by atoms with Gasteiger partial charge in [0.05, 0.1) is 21.5 Å². The van der Waals surface area contributed by atoms with Crippen LogP contribution in [-0.2, 0) is 0 Å². The van der Waals surface area contributed by atoms with E-state index in [0.29, 0.717) is 0 Å². The number of anilines is 3. The number of fused-ring (bicyclic) bond motifs is 9. The highest BCUT2D eigenvalue weighted by Gasteiger charge is 2.23. The van der Waals surface area contributed by atoms with Gasteiger partial charge in [-0.15, -0.1) is 11.3 Å². The number of benzene rings is 8. The number of nitrogens with zero attached hydrogens (tertiary/aromatic N) is 1. The number of hydrogen-bond acceptors (Lipinski definition) is 4. The maximum atomic E-state index is 6.43. The average Bonchev–Trinajstić information content (AvgIpc) is 3.91. The molecule has 11 aromatic rings. The SMILES string of the molecule is c1ccc(-c2cccc3c2sc2c(N(c4ccc(-c5cccc6oc7ccccc7c56)cc4)c4cccc5oc6ccccc6c45)cccc23)cc1. The molecular weight excluding hydrogens is 655 g/mol. The van der Waals surface area contributed by atoms with Crippen molar-refractivity contribution in [3.63, 3.8) is 0 Å². The van der Waals surface area contributed by atoms with Crippen molar-refractivity contribution < 1.29 is 8.83 Å². The topological polar surface area (TPSA) is 29.5 Å². The summed E-state index contributed by atoms with van der Waals surface area (Å²) in [5, 5.41) is 6.98. The highest BCUT2D eigenvalue weighted by Crippen LogP contribution is 2.49. The van der Waals surface area contributed by atoms with Crippen LogP contribution >= 0.6 is 11.3 Å². The first-order valence-corrected chi connectivity index (χ1v) is 18.3. The fraction of sp³-hybridized carbons (Fsp3) is 0. The van der Waals surface area contributed by atoms with Crippen LogP contribution in [0.5, 0.6) is 0 Å². The molecule has 0 aliphatic rings. The Bertz CT molecular complexity index is 3130. The average molecular weight is 684 g/mol. The molecular formula is C48H29NO2S. The van der Waals surface area contributed by atoms with E-state index >= 15 is 0 Å². The lowest BCUT2D eigenvalue weighted by atomic mass is 9.99. The van der Waals surface area contributed by atoms with Crippen molar-refractivity contribution in [1.29, 1.82) is 0 Å². The Kier molecular flexibility index (Phi) is 6.42. The van der Waals surface area contributed by atoms with Crippen LogP contribution < -0.4 is 4.90 Å². The Morgan fingerprint density at radius 2 is 0.865 bits per heavy atom. The van der Waals surface area contributed by atoms with Crippen LogP contribution in [0.25, 0.3) is 86.3 Å². The van der Waals surface area contributed by atoms with Gasteiger partial charge in [-0.2, -0.15) is 0 Å². The first-order valence-electron chi connectivity index (χ1n) is 17.5. The molecule has 52 heavy (non-hydrogen) atoms. The molecule has 3 aromatic heterocycles. The standard InChI is InChI=1S/C48H29NO2S/c1-2-12-30(13-3-1)34-17-8-18-35-36-19-9-21-40(48(36)52-47(34)35)49(39-20-11-25-44-46(39)38-15-5-7-23-42(38)51-44)32-28-26-31(27-29-32)33-16-10-24-43-45(33)37-14-4-6-22-41(37)50-43/h1-29H. The minimum absolute atomic E-state index is 0.869. The predicted octanol–water partition coefficient (Wildman–Crippen LogP) is 14.7. The summed E-state index contributed by atoms with van der Waals surface area (Å²) >= 11 is 1.87. The molecule has 8 aromatic carbocycles. The van der Waals surface area contributed by atoms with Crippen LogP contribution in [0.3, 0.4) is 0 Å². The van der Waals surface area contributed by atoms with Gasteiger partial charge >= 0.3 is 0 Å². The molecule has 11 rings (SSSR count). The summed E-state index contributed by atoms with van der Waals surface area (Å²) in [7, 11) is 0. The molecule has 0 saturated carbocycles. The van der Waals surface area contributed by atoms with E-state index in [9.17, 15) is 0 Å². The first-order chi connectivity index (χ1) is 25.8. The molecule has 0 N–H and O–H groups in total. The van der Waals surface area contributed by atoms with Gasteiger partial charge in [0.2, 0.25) is 0 Å². The van der Waals surface area contributed by atoms with Crippen molar-refractivity contribution in [2.45, 2.75) is 0 Å². The van der Waals surface area contributed by atoms with Gasteiger partial charge in [-0.05, 0) is 70.8 Å². The van der Waals surface area contributed by atoms with E-state index in [1.54, 1.807) is 0 Å². The number of furan rings is 2.